The summed E-state index contributed by atoms with van der Waals surface area (Å²) in [5, 5.41) is 11.3. The van der Waals surface area contributed by atoms with E-state index >= 15 is 0 Å². The Bertz CT molecular complexity index is 472. The van der Waals surface area contributed by atoms with Crippen LogP contribution in [0.5, 0.6) is 5.75 Å². The van der Waals surface area contributed by atoms with Crippen molar-refractivity contribution in [2.24, 2.45) is 5.92 Å². The van der Waals surface area contributed by atoms with E-state index in [9.17, 15) is 9.59 Å². The van der Waals surface area contributed by atoms with Crippen LogP contribution >= 0.6 is 0 Å². The number of ether oxygens (including phenoxy) is 1. The van der Waals surface area contributed by atoms with Gasteiger partial charge in [0.2, 0.25) is 5.91 Å². The molecule has 5 heteroatoms. The molecule has 1 aliphatic rings. The van der Waals surface area contributed by atoms with Gasteiger partial charge in [0.1, 0.15) is 12.4 Å². The average molecular weight is 263 g/mol. The zero-order valence-electron chi connectivity index (χ0n) is 10.6. The fourth-order valence-corrected chi connectivity index (χ4v) is 2.09. The summed E-state index contributed by atoms with van der Waals surface area (Å²) in [5.41, 5.74) is 1.04. The second-order valence-corrected chi connectivity index (χ2v) is 4.61. The number of nitrogens with one attached hydrogen (secondary N) is 1. The molecule has 1 amide bonds. The van der Waals surface area contributed by atoms with Crippen LogP contribution in [-0.4, -0.2) is 30.1 Å². The zero-order chi connectivity index (χ0) is 13.7. The van der Waals surface area contributed by atoms with Crippen molar-refractivity contribution in [2.75, 3.05) is 13.2 Å². The van der Waals surface area contributed by atoms with Crippen LogP contribution in [0.25, 0.3) is 0 Å². The summed E-state index contributed by atoms with van der Waals surface area (Å²) in [6.45, 7) is 0.769. The van der Waals surface area contributed by atoms with E-state index in [2.05, 4.69) is 5.32 Å². The van der Waals surface area contributed by atoms with Gasteiger partial charge in [-0.3, -0.25) is 9.59 Å². The van der Waals surface area contributed by atoms with Crippen LogP contribution in [0.2, 0.25) is 0 Å². The van der Waals surface area contributed by atoms with E-state index in [1.165, 1.54) is 0 Å². The molecule has 1 heterocycles. The lowest BCUT2D eigenvalue weighted by molar-refractivity contribution is -0.137. The predicted octanol–water partition coefficient (Wildman–Crippen LogP) is 1.22. The maximum atomic E-state index is 11.9. The van der Waals surface area contributed by atoms with E-state index in [0.717, 1.165) is 11.3 Å². The third kappa shape index (κ3) is 3.71. The minimum atomic E-state index is -0.843. The van der Waals surface area contributed by atoms with Gasteiger partial charge in [0.15, 0.2) is 0 Å². The van der Waals surface area contributed by atoms with Gasteiger partial charge in [0, 0.05) is 13.0 Å². The van der Waals surface area contributed by atoms with Crippen molar-refractivity contribution in [2.45, 2.75) is 19.3 Å². The van der Waals surface area contributed by atoms with Gasteiger partial charge in [-0.15, -0.1) is 0 Å². The Balaban J connectivity index is 1.80. The molecule has 0 aliphatic carbocycles. The first-order chi connectivity index (χ1) is 9.16. The van der Waals surface area contributed by atoms with Crippen molar-refractivity contribution in [3.8, 4) is 5.75 Å². The zero-order valence-corrected chi connectivity index (χ0v) is 10.6. The number of benzene rings is 1. The third-order valence-corrected chi connectivity index (χ3v) is 3.12. The molecule has 2 rings (SSSR count). The Labute approximate surface area is 111 Å². The van der Waals surface area contributed by atoms with Crippen molar-refractivity contribution in [3.05, 3.63) is 29.8 Å². The second-order valence-electron chi connectivity index (χ2n) is 4.61. The van der Waals surface area contributed by atoms with Gasteiger partial charge in [-0.2, -0.15) is 0 Å². The Morgan fingerprint density at radius 3 is 2.95 bits per heavy atom. The summed E-state index contributed by atoms with van der Waals surface area (Å²) in [6.07, 6.45) is 1.19. The van der Waals surface area contributed by atoms with Gasteiger partial charge in [-0.05, 0) is 24.5 Å². The number of para-hydroxylation sites is 1. The van der Waals surface area contributed by atoms with E-state index in [-0.39, 0.29) is 18.2 Å². The van der Waals surface area contributed by atoms with Crippen molar-refractivity contribution in [1.29, 1.82) is 0 Å². The topological polar surface area (TPSA) is 75.6 Å². The molecule has 5 nitrogen and oxygen atoms in total. The first-order valence-electron chi connectivity index (χ1n) is 6.37. The van der Waals surface area contributed by atoms with Crippen LogP contribution < -0.4 is 10.1 Å². The Morgan fingerprint density at radius 1 is 1.37 bits per heavy atom. The molecular formula is C14H17NO4. The molecule has 0 aromatic heterocycles. The summed E-state index contributed by atoms with van der Waals surface area (Å²) in [4.78, 5) is 22.3. The lowest BCUT2D eigenvalue weighted by Gasteiger charge is -2.24. The number of fused-ring (bicyclic) bond motifs is 1. The van der Waals surface area contributed by atoms with Gasteiger partial charge < -0.3 is 15.2 Å². The molecule has 19 heavy (non-hydrogen) atoms. The number of hydrogen-bond donors (Lipinski definition) is 2. The average Bonchev–Trinajstić information content (AvgIpc) is 2.42. The number of hydrogen-bond acceptors (Lipinski definition) is 3. The third-order valence-electron chi connectivity index (χ3n) is 3.12. The molecule has 1 atom stereocenters. The van der Waals surface area contributed by atoms with Crippen molar-refractivity contribution < 1.29 is 19.4 Å². The van der Waals surface area contributed by atoms with Crippen LogP contribution in [-0.2, 0) is 16.0 Å². The fourth-order valence-electron chi connectivity index (χ4n) is 2.09. The number of carboxylic acids is 1. The molecule has 102 valence electrons. The molecule has 1 aromatic rings. The first kappa shape index (κ1) is 13.4. The highest BCUT2D eigenvalue weighted by atomic mass is 16.5. The molecule has 0 bridgehead atoms. The van der Waals surface area contributed by atoms with Crippen molar-refractivity contribution in [3.63, 3.8) is 0 Å². The van der Waals surface area contributed by atoms with E-state index < -0.39 is 5.97 Å². The molecule has 2 N–H and O–H groups in total. The maximum absolute atomic E-state index is 11.9. The number of carbonyl (C=O) groups is 2. The molecule has 1 unspecified atom stereocenters. The van der Waals surface area contributed by atoms with Crippen LogP contribution in [0.3, 0.4) is 0 Å². The first-order valence-corrected chi connectivity index (χ1v) is 6.37. The minimum absolute atomic E-state index is 0.0695. The van der Waals surface area contributed by atoms with Gasteiger partial charge in [0.05, 0.1) is 5.92 Å². The van der Waals surface area contributed by atoms with E-state index in [1.54, 1.807) is 0 Å². The van der Waals surface area contributed by atoms with Crippen molar-refractivity contribution in [1.82, 2.24) is 5.32 Å². The molecular weight excluding hydrogens is 246 g/mol. The minimum Gasteiger partial charge on any atom is -0.492 e. The Hall–Kier alpha value is -2.04. The Kier molecular flexibility index (Phi) is 4.39. The van der Waals surface area contributed by atoms with Crippen LogP contribution in [0.4, 0.5) is 0 Å². The highest BCUT2D eigenvalue weighted by Crippen LogP contribution is 2.26. The van der Waals surface area contributed by atoms with E-state index in [1.807, 2.05) is 24.3 Å². The van der Waals surface area contributed by atoms with Gasteiger partial charge in [-0.25, -0.2) is 0 Å². The van der Waals surface area contributed by atoms with Crippen LogP contribution in [0.15, 0.2) is 24.3 Å². The normalized spacial score (nSPS) is 17.2. The molecule has 1 aromatic carbocycles. The lowest BCUT2D eigenvalue weighted by atomic mass is 9.96. The highest BCUT2D eigenvalue weighted by Gasteiger charge is 2.25. The van der Waals surface area contributed by atoms with Gasteiger partial charge in [0.25, 0.3) is 0 Å². The fraction of sp³-hybridized carbons (Fsp3) is 0.429. The number of rotatable bonds is 5. The largest absolute Gasteiger partial charge is 0.492 e. The lowest BCUT2D eigenvalue weighted by Crippen LogP contribution is -2.37. The summed E-state index contributed by atoms with van der Waals surface area (Å²) in [6, 6.07) is 7.69. The summed E-state index contributed by atoms with van der Waals surface area (Å²) in [7, 11) is 0. The highest BCUT2D eigenvalue weighted by molar-refractivity contribution is 5.79. The number of carbonyl (C=O) groups excluding carboxylic acids is 1. The number of aliphatic carboxylic acids is 1. The van der Waals surface area contributed by atoms with Gasteiger partial charge >= 0.3 is 5.97 Å². The summed E-state index contributed by atoms with van der Waals surface area (Å²) in [5.74, 6) is -0.263. The summed E-state index contributed by atoms with van der Waals surface area (Å²) >= 11 is 0. The van der Waals surface area contributed by atoms with Crippen molar-refractivity contribution >= 4 is 11.9 Å². The number of carboxylic acid groups (broad SMARTS) is 1. The van der Waals surface area contributed by atoms with Crippen LogP contribution in [0, 0.1) is 5.92 Å². The maximum Gasteiger partial charge on any atom is 0.303 e. The smallest absolute Gasteiger partial charge is 0.303 e. The second kappa shape index (κ2) is 6.22. The predicted molar refractivity (Wildman–Crippen MR) is 69.0 cm³/mol. The number of amides is 1. The molecule has 1 aliphatic heterocycles. The van der Waals surface area contributed by atoms with E-state index in [4.69, 9.17) is 9.84 Å². The standard InChI is InChI=1S/C14H17NO4/c16-13(17)6-3-7-15-14(18)11-8-10-4-1-2-5-12(10)19-9-11/h1-2,4-5,11H,3,6-9H2,(H,15,18)(H,16,17). The Morgan fingerprint density at radius 2 is 2.16 bits per heavy atom. The van der Waals surface area contributed by atoms with Crippen LogP contribution in [0.1, 0.15) is 18.4 Å². The quantitative estimate of drug-likeness (QED) is 0.783. The van der Waals surface area contributed by atoms with E-state index in [0.29, 0.717) is 26.0 Å². The molecule has 0 spiro atoms. The molecule has 0 saturated heterocycles. The van der Waals surface area contributed by atoms with Gasteiger partial charge in [-0.1, -0.05) is 18.2 Å². The molecule has 0 saturated carbocycles. The molecule has 0 radical (unpaired) electrons. The summed E-state index contributed by atoms with van der Waals surface area (Å²) < 4.78 is 5.55. The SMILES string of the molecule is O=C(O)CCCNC(=O)C1COc2ccccc2C1. The monoisotopic (exact) mass is 263 g/mol. The molecule has 0 fully saturated rings.